The molecule has 0 heterocycles. The highest BCUT2D eigenvalue weighted by atomic mass is 79.9. The molecule has 0 spiro atoms. The maximum Gasteiger partial charge on any atom is 0.141 e. The molecule has 20 heavy (non-hydrogen) atoms. The molecule has 1 saturated carbocycles. The van der Waals surface area contributed by atoms with Crippen LogP contribution in [0.5, 0.6) is 11.5 Å². The molecule has 3 nitrogen and oxygen atoms in total. The average molecular weight is 342 g/mol. The van der Waals surface area contributed by atoms with Gasteiger partial charge in [0.05, 0.1) is 14.2 Å². The normalized spacial score (nSPS) is 30.1. The minimum Gasteiger partial charge on any atom is -0.495 e. The molecule has 0 amide bonds. The second-order valence-electron chi connectivity index (χ2n) is 6.02. The molecule has 1 aromatic rings. The number of benzene rings is 1. The lowest BCUT2D eigenvalue weighted by molar-refractivity contribution is 0.173. The van der Waals surface area contributed by atoms with Crippen molar-refractivity contribution in [2.24, 2.45) is 17.6 Å². The van der Waals surface area contributed by atoms with Crippen molar-refractivity contribution in [3.8, 4) is 11.5 Å². The average Bonchev–Trinajstić information content (AvgIpc) is 2.43. The van der Waals surface area contributed by atoms with E-state index in [-0.39, 0.29) is 5.54 Å². The van der Waals surface area contributed by atoms with Crippen molar-refractivity contribution in [3.05, 3.63) is 22.2 Å². The summed E-state index contributed by atoms with van der Waals surface area (Å²) in [6, 6.07) is 4.00. The third kappa shape index (κ3) is 2.68. The number of ether oxygens (including phenoxy) is 2. The van der Waals surface area contributed by atoms with Crippen LogP contribution in [0.4, 0.5) is 0 Å². The van der Waals surface area contributed by atoms with E-state index in [0.717, 1.165) is 46.7 Å². The Kier molecular flexibility index (Phi) is 4.65. The van der Waals surface area contributed by atoms with Crippen molar-refractivity contribution in [2.45, 2.75) is 38.6 Å². The van der Waals surface area contributed by atoms with E-state index >= 15 is 0 Å². The molecule has 2 N–H and O–H groups in total. The molecule has 2 rings (SSSR count). The van der Waals surface area contributed by atoms with Gasteiger partial charge in [-0.25, -0.2) is 0 Å². The topological polar surface area (TPSA) is 44.5 Å². The second kappa shape index (κ2) is 5.94. The zero-order chi connectivity index (χ0) is 14.9. The zero-order valence-electron chi connectivity index (χ0n) is 12.7. The van der Waals surface area contributed by atoms with E-state index < -0.39 is 0 Å². The van der Waals surface area contributed by atoms with Crippen LogP contribution >= 0.6 is 15.9 Å². The lowest BCUT2D eigenvalue weighted by Gasteiger charge is -2.41. The van der Waals surface area contributed by atoms with E-state index in [4.69, 9.17) is 15.2 Å². The van der Waals surface area contributed by atoms with Crippen molar-refractivity contribution < 1.29 is 9.47 Å². The summed E-state index contributed by atoms with van der Waals surface area (Å²) < 4.78 is 11.8. The van der Waals surface area contributed by atoms with Gasteiger partial charge in [0.2, 0.25) is 0 Å². The third-order valence-electron chi connectivity index (χ3n) is 4.73. The molecule has 0 aromatic heterocycles. The van der Waals surface area contributed by atoms with E-state index in [2.05, 4.69) is 29.8 Å². The number of hydrogen-bond acceptors (Lipinski definition) is 3. The number of methoxy groups -OCH3 is 2. The summed E-state index contributed by atoms with van der Waals surface area (Å²) in [7, 11) is 3.34. The number of halogens is 1. The van der Waals surface area contributed by atoms with Gasteiger partial charge in [-0.15, -0.1) is 0 Å². The maximum absolute atomic E-state index is 6.73. The van der Waals surface area contributed by atoms with Crippen molar-refractivity contribution >= 4 is 15.9 Å². The molecule has 0 aliphatic heterocycles. The molecule has 1 aromatic carbocycles. The maximum atomic E-state index is 6.73. The van der Waals surface area contributed by atoms with Crippen LogP contribution in [0.3, 0.4) is 0 Å². The summed E-state index contributed by atoms with van der Waals surface area (Å²) in [4.78, 5) is 0. The van der Waals surface area contributed by atoms with Gasteiger partial charge >= 0.3 is 0 Å². The monoisotopic (exact) mass is 341 g/mol. The minimum absolute atomic E-state index is 0.313. The Labute approximate surface area is 130 Å². The molecule has 3 atom stereocenters. The number of rotatable bonds is 3. The van der Waals surface area contributed by atoms with Gasteiger partial charge in [0.15, 0.2) is 0 Å². The Morgan fingerprint density at radius 2 is 1.90 bits per heavy atom. The summed E-state index contributed by atoms with van der Waals surface area (Å²) in [5, 5.41) is 0. The SMILES string of the molecule is COc1ccc(C2(N)CCC(C)C(C)C2)c(OC)c1Br. The van der Waals surface area contributed by atoms with E-state index in [1.165, 1.54) is 0 Å². The molecule has 0 saturated heterocycles. The first-order valence-corrected chi connectivity index (χ1v) is 7.92. The Morgan fingerprint density at radius 3 is 2.45 bits per heavy atom. The van der Waals surface area contributed by atoms with Crippen LogP contribution in [0.1, 0.15) is 38.7 Å². The third-order valence-corrected chi connectivity index (χ3v) is 5.48. The van der Waals surface area contributed by atoms with Gasteiger partial charge in [-0.05, 0) is 59.2 Å². The molecular formula is C16H24BrNO2. The molecule has 112 valence electrons. The van der Waals surface area contributed by atoms with Gasteiger partial charge in [0, 0.05) is 11.1 Å². The molecule has 0 bridgehead atoms. The first kappa shape index (κ1) is 15.6. The fraction of sp³-hybridized carbons (Fsp3) is 0.625. The summed E-state index contributed by atoms with van der Waals surface area (Å²) >= 11 is 3.56. The van der Waals surface area contributed by atoms with Crippen LogP contribution in [0.15, 0.2) is 16.6 Å². The van der Waals surface area contributed by atoms with Crippen molar-refractivity contribution in [1.82, 2.24) is 0 Å². The first-order valence-electron chi connectivity index (χ1n) is 7.12. The van der Waals surface area contributed by atoms with Gasteiger partial charge in [-0.3, -0.25) is 0 Å². The fourth-order valence-corrected chi connectivity index (χ4v) is 3.85. The van der Waals surface area contributed by atoms with Crippen LogP contribution in [0, 0.1) is 11.8 Å². The van der Waals surface area contributed by atoms with Crippen LogP contribution in [-0.2, 0) is 5.54 Å². The Bertz CT molecular complexity index is 492. The largest absolute Gasteiger partial charge is 0.495 e. The van der Waals surface area contributed by atoms with Crippen molar-refractivity contribution in [3.63, 3.8) is 0 Å². The predicted octanol–water partition coefficient (Wildman–Crippen LogP) is 4.08. The van der Waals surface area contributed by atoms with E-state index in [1.807, 2.05) is 12.1 Å². The molecular weight excluding hydrogens is 318 g/mol. The highest BCUT2D eigenvalue weighted by Crippen LogP contribution is 2.47. The van der Waals surface area contributed by atoms with E-state index in [1.54, 1.807) is 14.2 Å². The number of nitrogens with two attached hydrogens (primary N) is 1. The van der Waals surface area contributed by atoms with E-state index in [9.17, 15) is 0 Å². The first-order chi connectivity index (χ1) is 9.42. The second-order valence-corrected chi connectivity index (χ2v) is 6.81. The minimum atomic E-state index is -0.313. The van der Waals surface area contributed by atoms with Crippen LogP contribution in [-0.4, -0.2) is 14.2 Å². The van der Waals surface area contributed by atoms with Gasteiger partial charge < -0.3 is 15.2 Å². The summed E-state index contributed by atoms with van der Waals surface area (Å²) in [5.41, 5.74) is 7.49. The standard InChI is InChI=1S/C16H24BrNO2/c1-10-7-8-16(18,9-11(10)2)12-5-6-13(19-3)14(17)15(12)20-4/h5-6,10-11H,7-9,18H2,1-4H3. The Hall–Kier alpha value is -0.740. The van der Waals surface area contributed by atoms with E-state index in [0.29, 0.717) is 5.92 Å². The Balaban J connectivity index is 2.44. The molecule has 1 fully saturated rings. The van der Waals surface area contributed by atoms with Gasteiger partial charge in [-0.1, -0.05) is 13.8 Å². The van der Waals surface area contributed by atoms with Gasteiger partial charge in [-0.2, -0.15) is 0 Å². The molecule has 1 aliphatic carbocycles. The van der Waals surface area contributed by atoms with Gasteiger partial charge in [0.1, 0.15) is 16.0 Å². The van der Waals surface area contributed by atoms with Crippen LogP contribution in [0.25, 0.3) is 0 Å². The molecule has 4 heteroatoms. The molecule has 1 aliphatic rings. The Morgan fingerprint density at radius 1 is 1.20 bits per heavy atom. The zero-order valence-corrected chi connectivity index (χ0v) is 14.3. The van der Waals surface area contributed by atoms with Crippen LogP contribution in [0.2, 0.25) is 0 Å². The highest BCUT2D eigenvalue weighted by molar-refractivity contribution is 9.10. The molecule has 0 radical (unpaired) electrons. The van der Waals surface area contributed by atoms with Crippen molar-refractivity contribution in [1.29, 1.82) is 0 Å². The fourth-order valence-electron chi connectivity index (χ4n) is 3.18. The smallest absolute Gasteiger partial charge is 0.141 e. The quantitative estimate of drug-likeness (QED) is 0.900. The summed E-state index contributed by atoms with van der Waals surface area (Å²) in [6.45, 7) is 4.60. The van der Waals surface area contributed by atoms with Crippen LogP contribution < -0.4 is 15.2 Å². The highest BCUT2D eigenvalue weighted by Gasteiger charge is 2.38. The summed E-state index contributed by atoms with van der Waals surface area (Å²) in [5.74, 6) is 2.93. The molecule has 3 unspecified atom stereocenters. The lowest BCUT2D eigenvalue weighted by atomic mass is 9.69. The van der Waals surface area contributed by atoms with Crippen molar-refractivity contribution in [2.75, 3.05) is 14.2 Å². The lowest BCUT2D eigenvalue weighted by Crippen LogP contribution is -2.43. The predicted molar refractivity (Wildman–Crippen MR) is 85.3 cm³/mol. The van der Waals surface area contributed by atoms with Gasteiger partial charge in [0.25, 0.3) is 0 Å². The number of hydrogen-bond donors (Lipinski definition) is 1. The summed E-state index contributed by atoms with van der Waals surface area (Å²) in [6.07, 6.45) is 3.14.